The lowest BCUT2D eigenvalue weighted by Gasteiger charge is -2.22. The topological polar surface area (TPSA) is 82.0 Å². The molecule has 1 atom stereocenters. The number of rotatable bonds is 5. The molecular weight excluding hydrogens is 379 g/mol. The van der Waals surface area contributed by atoms with Gasteiger partial charge in [-0.05, 0) is 56.5 Å². The highest BCUT2D eigenvalue weighted by atomic mass is 35.5. The Kier molecular flexibility index (Phi) is 7.68. The number of nitriles is 1. The third-order valence-corrected chi connectivity index (χ3v) is 5.43. The molecule has 0 amide bonds. The van der Waals surface area contributed by atoms with Gasteiger partial charge in [0.1, 0.15) is 0 Å². The van der Waals surface area contributed by atoms with Crippen LogP contribution in [0.1, 0.15) is 30.4 Å². The fourth-order valence-electron chi connectivity index (χ4n) is 2.68. The van der Waals surface area contributed by atoms with Gasteiger partial charge in [0.15, 0.2) is 0 Å². The summed E-state index contributed by atoms with van der Waals surface area (Å²) >= 11 is 0. The van der Waals surface area contributed by atoms with Crippen LogP contribution in [0.15, 0.2) is 23.1 Å². The predicted molar refractivity (Wildman–Crippen MR) is 88.8 cm³/mol. The molecule has 0 aliphatic carbocycles. The third-order valence-electron chi connectivity index (χ3n) is 3.97. The summed E-state index contributed by atoms with van der Waals surface area (Å²) in [4.78, 5) is -0.339. The lowest BCUT2D eigenvalue weighted by molar-refractivity contribution is -0.137. The van der Waals surface area contributed by atoms with E-state index >= 15 is 0 Å². The number of sulfonamides is 1. The van der Waals surface area contributed by atoms with E-state index in [0.717, 1.165) is 38.1 Å². The van der Waals surface area contributed by atoms with Gasteiger partial charge < -0.3 is 5.32 Å². The molecule has 0 aromatic heterocycles. The van der Waals surface area contributed by atoms with E-state index in [1.54, 1.807) is 0 Å². The molecule has 1 aromatic rings. The van der Waals surface area contributed by atoms with Crippen molar-refractivity contribution in [2.45, 2.75) is 30.3 Å². The van der Waals surface area contributed by atoms with Gasteiger partial charge in [-0.3, -0.25) is 0 Å². The Labute approximate surface area is 151 Å². The highest BCUT2D eigenvalue weighted by Crippen LogP contribution is 2.32. The Bertz CT molecular complexity index is 727. The minimum Gasteiger partial charge on any atom is -0.316 e. The highest BCUT2D eigenvalue weighted by molar-refractivity contribution is 7.89. The van der Waals surface area contributed by atoms with Crippen molar-refractivity contribution in [2.75, 3.05) is 19.6 Å². The molecule has 5 nitrogen and oxygen atoms in total. The van der Waals surface area contributed by atoms with Gasteiger partial charge in [0.25, 0.3) is 0 Å². The smallest absolute Gasteiger partial charge is 0.316 e. The summed E-state index contributed by atoms with van der Waals surface area (Å²) in [6.07, 6.45) is -1.98. The van der Waals surface area contributed by atoms with Gasteiger partial charge in [-0.25, -0.2) is 13.1 Å². The first-order chi connectivity index (χ1) is 11.2. The maximum Gasteiger partial charge on any atom is 0.417 e. The van der Waals surface area contributed by atoms with Crippen molar-refractivity contribution in [1.82, 2.24) is 10.0 Å². The number of halogens is 4. The molecule has 140 valence electrons. The minimum absolute atomic E-state index is 0. The van der Waals surface area contributed by atoms with E-state index in [4.69, 9.17) is 5.26 Å². The molecule has 10 heteroatoms. The molecule has 0 radical (unpaired) electrons. The molecule has 1 heterocycles. The monoisotopic (exact) mass is 397 g/mol. The summed E-state index contributed by atoms with van der Waals surface area (Å²) in [5.74, 6) is 0.378. The Hall–Kier alpha value is -1.34. The first-order valence-electron chi connectivity index (χ1n) is 7.56. The van der Waals surface area contributed by atoms with Crippen LogP contribution in [0.2, 0.25) is 0 Å². The maximum atomic E-state index is 12.8. The van der Waals surface area contributed by atoms with Crippen LogP contribution in [0.4, 0.5) is 13.2 Å². The zero-order valence-corrected chi connectivity index (χ0v) is 14.9. The van der Waals surface area contributed by atoms with E-state index in [-0.39, 0.29) is 23.8 Å². The Morgan fingerprint density at radius 3 is 2.64 bits per heavy atom. The summed E-state index contributed by atoms with van der Waals surface area (Å²) in [7, 11) is -3.94. The van der Waals surface area contributed by atoms with Gasteiger partial charge in [-0.2, -0.15) is 18.4 Å². The first-order valence-corrected chi connectivity index (χ1v) is 9.04. The molecule has 1 unspecified atom stereocenters. The van der Waals surface area contributed by atoms with E-state index in [2.05, 4.69) is 10.0 Å². The lowest BCUT2D eigenvalue weighted by atomic mass is 9.96. The van der Waals surface area contributed by atoms with Crippen molar-refractivity contribution >= 4 is 22.4 Å². The molecule has 1 aliphatic heterocycles. The van der Waals surface area contributed by atoms with Crippen LogP contribution in [0.5, 0.6) is 0 Å². The van der Waals surface area contributed by atoms with Crippen molar-refractivity contribution in [1.29, 1.82) is 5.26 Å². The van der Waals surface area contributed by atoms with Crippen LogP contribution in [0.3, 0.4) is 0 Å². The van der Waals surface area contributed by atoms with Gasteiger partial charge in [0.05, 0.1) is 22.1 Å². The van der Waals surface area contributed by atoms with Crippen molar-refractivity contribution < 1.29 is 21.6 Å². The average Bonchev–Trinajstić information content (AvgIpc) is 2.54. The van der Waals surface area contributed by atoms with Crippen LogP contribution in [0.25, 0.3) is 0 Å². The molecule has 1 saturated heterocycles. The molecule has 0 saturated carbocycles. The van der Waals surface area contributed by atoms with E-state index in [9.17, 15) is 21.6 Å². The highest BCUT2D eigenvalue weighted by Gasteiger charge is 2.34. The number of hydrogen-bond donors (Lipinski definition) is 2. The quantitative estimate of drug-likeness (QED) is 0.800. The Balaban J connectivity index is 0.00000312. The number of nitrogens with one attached hydrogen (secondary N) is 2. The molecule has 2 rings (SSSR count). The fourth-order valence-corrected chi connectivity index (χ4v) is 3.75. The molecule has 1 aliphatic rings. The molecule has 25 heavy (non-hydrogen) atoms. The number of nitrogens with zero attached hydrogens (tertiary/aromatic N) is 1. The summed E-state index contributed by atoms with van der Waals surface area (Å²) in [5.41, 5.74) is -1.85. The Morgan fingerprint density at radius 2 is 2.08 bits per heavy atom. The maximum absolute atomic E-state index is 12.8. The second kappa shape index (κ2) is 8.85. The average molecular weight is 398 g/mol. The van der Waals surface area contributed by atoms with E-state index in [1.165, 1.54) is 6.07 Å². The number of alkyl halides is 3. The van der Waals surface area contributed by atoms with Gasteiger partial charge in [-0.1, -0.05) is 0 Å². The minimum atomic E-state index is -4.70. The van der Waals surface area contributed by atoms with Crippen LogP contribution in [-0.2, 0) is 16.2 Å². The SMILES string of the molecule is Cl.N#Cc1cc(S(=O)(=O)NCCC2CCCNC2)ccc1C(F)(F)F. The van der Waals surface area contributed by atoms with Crippen LogP contribution >= 0.6 is 12.4 Å². The first kappa shape index (κ1) is 21.7. The lowest BCUT2D eigenvalue weighted by Crippen LogP contribution is -2.33. The van der Waals surface area contributed by atoms with E-state index in [0.29, 0.717) is 18.4 Å². The molecule has 2 N–H and O–H groups in total. The standard InChI is InChI=1S/C15H18F3N3O2S.ClH/c16-15(17,18)14-4-3-13(8-12(14)9-19)24(22,23)21-7-5-11-2-1-6-20-10-11;/h3-4,8,11,20-21H,1-2,5-7,10H2;1H. The number of benzene rings is 1. The van der Waals surface area contributed by atoms with E-state index < -0.39 is 27.3 Å². The number of hydrogen-bond acceptors (Lipinski definition) is 4. The second-order valence-corrected chi connectivity index (χ2v) is 7.48. The van der Waals surface area contributed by atoms with Crippen LogP contribution in [-0.4, -0.2) is 28.1 Å². The summed E-state index contributed by atoms with van der Waals surface area (Å²) in [6, 6.07) is 3.65. The van der Waals surface area contributed by atoms with Crippen molar-refractivity contribution in [3.05, 3.63) is 29.3 Å². The van der Waals surface area contributed by atoms with Gasteiger partial charge >= 0.3 is 6.18 Å². The summed E-state index contributed by atoms with van der Waals surface area (Å²) in [5, 5.41) is 12.1. The summed E-state index contributed by atoms with van der Waals surface area (Å²) in [6.45, 7) is 2.00. The van der Waals surface area contributed by atoms with Gasteiger partial charge in [-0.15, -0.1) is 12.4 Å². The zero-order valence-electron chi connectivity index (χ0n) is 13.3. The van der Waals surface area contributed by atoms with E-state index in [1.807, 2.05) is 0 Å². The molecular formula is C15H19ClF3N3O2S. The normalized spacial score (nSPS) is 18.2. The number of piperidine rings is 1. The molecule has 1 fully saturated rings. The van der Waals surface area contributed by atoms with Crippen molar-refractivity contribution in [3.63, 3.8) is 0 Å². The van der Waals surface area contributed by atoms with Crippen LogP contribution in [0, 0.1) is 17.2 Å². The fraction of sp³-hybridized carbons (Fsp3) is 0.533. The van der Waals surface area contributed by atoms with Gasteiger partial charge in [0, 0.05) is 6.54 Å². The van der Waals surface area contributed by atoms with Crippen LogP contribution < -0.4 is 10.0 Å². The molecule has 0 bridgehead atoms. The van der Waals surface area contributed by atoms with Gasteiger partial charge in [0.2, 0.25) is 10.0 Å². The Morgan fingerprint density at radius 1 is 1.36 bits per heavy atom. The molecule has 1 aromatic carbocycles. The second-order valence-electron chi connectivity index (χ2n) is 5.72. The third kappa shape index (κ3) is 5.85. The summed E-state index contributed by atoms with van der Waals surface area (Å²) < 4.78 is 65.0. The van der Waals surface area contributed by atoms with Crippen molar-refractivity contribution in [2.24, 2.45) is 5.92 Å². The molecule has 0 spiro atoms. The van der Waals surface area contributed by atoms with Crippen molar-refractivity contribution in [3.8, 4) is 6.07 Å². The predicted octanol–water partition coefficient (Wildman–Crippen LogP) is 2.67. The largest absolute Gasteiger partial charge is 0.417 e. The zero-order chi connectivity index (χ0) is 17.8.